The van der Waals surface area contributed by atoms with Gasteiger partial charge in [-0.1, -0.05) is 6.07 Å². The Bertz CT molecular complexity index is 1390. The quantitative estimate of drug-likeness (QED) is 0.418. The van der Waals surface area contributed by atoms with E-state index in [9.17, 15) is 18.8 Å². The lowest BCUT2D eigenvalue weighted by Gasteiger charge is -2.13. The summed E-state index contributed by atoms with van der Waals surface area (Å²) >= 11 is 1.64. The van der Waals surface area contributed by atoms with Gasteiger partial charge in [0, 0.05) is 30.0 Å². The van der Waals surface area contributed by atoms with Crippen molar-refractivity contribution in [1.29, 1.82) is 0 Å². The first-order valence-corrected chi connectivity index (χ1v) is 10.9. The number of halogens is 1. The van der Waals surface area contributed by atoms with Crippen molar-refractivity contribution in [3.05, 3.63) is 91.0 Å². The van der Waals surface area contributed by atoms with Gasteiger partial charge in [0.25, 0.3) is 11.5 Å². The number of aromatic amines is 1. The maximum atomic E-state index is 14.2. The van der Waals surface area contributed by atoms with Crippen LogP contribution in [-0.4, -0.2) is 28.5 Å². The summed E-state index contributed by atoms with van der Waals surface area (Å²) in [5.74, 6) is -0.846. The normalized spacial score (nSPS) is 12.0. The zero-order valence-corrected chi connectivity index (χ0v) is 18.3. The molecule has 7 nitrogen and oxygen atoms in total. The second-order valence-corrected chi connectivity index (χ2v) is 8.44. The lowest BCUT2D eigenvalue weighted by atomic mass is 10.1. The Morgan fingerprint density at radius 1 is 1.19 bits per heavy atom. The molecule has 0 bridgehead atoms. The average molecular weight is 453 g/mol. The van der Waals surface area contributed by atoms with Crippen molar-refractivity contribution < 1.29 is 9.18 Å². The minimum absolute atomic E-state index is 0.0466. The van der Waals surface area contributed by atoms with E-state index >= 15 is 0 Å². The topological polar surface area (TPSA) is 96.0 Å². The van der Waals surface area contributed by atoms with Crippen LogP contribution in [0.5, 0.6) is 0 Å². The molecule has 0 fully saturated rings. The number of hydrogen-bond acceptors (Lipinski definition) is 5. The number of carbonyl (C=O) groups is 1. The number of carbonyl (C=O) groups excluding carboxylic acids is 1. The van der Waals surface area contributed by atoms with Crippen molar-refractivity contribution >= 4 is 33.8 Å². The van der Waals surface area contributed by atoms with Gasteiger partial charge in [-0.2, -0.15) is 0 Å². The van der Waals surface area contributed by atoms with E-state index in [4.69, 9.17) is 0 Å². The maximum absolute atomic E-state index is 14.2. The summed E-state index contributed by atoms with van der Waals surface area (Å²) in [4.78, 5) is 41.8. The van der Waals surface area contributed by atoms with Gasteiger partial charge in [0.05, 0.1) is 22.3 Å². The molecule has 9 heteroatoms. The number of nitrogens with one attached hydrogen (secondary N) is 3. The fourth-order valence-electron chi connectivity index (χ4n) is 3.51. The molecule has 0 aliphatic carbocycles. The second-order valence-electron chi connectivity index (χ2n) is 7.40. The molecule has 2 aromatic heterocycles. The van der Waals surface area contributed by atoms with Crippen LogP contribution in [0, 0.1) is 5.82 Å². The lowest BCUT2D eigenvalue weighted by Crippen LogP contribution is -2.34. The Morgan fingerprint density at radius 2 is 1.94 bits per heavy atom. The minimum atomic E-state index is -0.655. The van der Waals surface area contributed by atoms with E-state index in [-0.39, 0.29) is 34.2 Å². The molecule has 0 aliphatic rings. The Hall–Kier alpha value is -3.72. The third kappa shape index (κ3) is 4.19. The molecule has 0 aliphatic heterocycles. The van der Waals surface area contributed by atoms with Gasteiger partial charge in [-0.05, 0) is 54.8 Å². The highest BCUT2D eigenvalue weighted by molar-refractivity contribution is 7.09. The predicted octanol–water partition coefficient (Wildman–Crippen LogP) is 3.28. The number of benzene rings is 2. The van der Waals surface area contributed by atoms with Gasteiger partial charge in [-0.3, -0.25) is 9.59 Å². The maximum Gasteiger partial charge on any atom is 0.333 e. The fourth-order valence-corrected chi connectivity index (χ4v) is 4.35. The van der Waals surface area contributed by atoms with Crippen LogP contribution in [0.25, 0.3) is 16.6 Å². The van der Waals surface area contributed by atoms with E-state index in [1.807, 2.05) is 24.4 Å². The van der Waals surface area contributed by atoms with E-state index in [2.05, 4.69) is 15.6 Å². The highest BCUT2D eigenvalue weighted by Crippen LogP contribution is 2.19. The Balaban J connectivity index is 1.60. The summed E-state index contributed by atoms with van der Waals surface area (Å²) < 4.78 is 15.1. The average Bonchev–Trinajstić information content (AvgIpc) is 3.27. The van der Waals surface area contributed by atoms with Crippen LogP contribution in [0.3, 0.4) is 0 Å². The predicted molar refractivity (Wildman–Crippen MR) is 125 cm³/mol. The molecule has 0 radical (unpaired) electrons. The Kier molecular flexibility index (Phi) is 5.91. The number of hydrogen-bond donors (Lipinski definition) is 3. The van der Waals surface area contributed by atoms with Gasteiger partial charge in [0.2, 0.25) is 0 Å². The molecule has 32 heavy (non-hydrogen) atoms. The molecule has 164 valence electrons. The van der Waals surface area contributed by atoms with E-state index in [1.54, 1.807) is 30.5 Å². The number of fused-ring (bicyclic) bond motifs is 1. The van der Waals surface area contributed by atoms with Gasteiger partial charge in [0.1, 0.15) is 5.82 Å². The van der Waals surface area contributed by atoms with Gasteiger partial charge in [-0.25, -0.2) is 13.8 Å². The molecule has 1 unspecified atom stereocenters. The van der Waals surface area contributed by atoms with Crippen LogP contribution in [0.15, 0.2) is 63.5 Å². The van der Waals surface area contributed by atoms with Crippen LogP contribution in [0.4, 0.5) is 10.1 Å². The van der Waals surface area contributed by atoms with Crippen LogP contribution in [0.1, 0.15) is 22.2 Å². The van der Waals surface area contributed by atoms with E-state index in [0.29, 0.717) is 5.56 Å². The van der Waals surface area contributed by atoms with Crippen molar-refractivity contribution in [2.45, 2.75) is 19.4 Å². The summed E-state index contributed by atoms with van der Waals surface area (Å²) in [5, 5.41) is 7.65. The van der Waals surface area contributed by atoms with Gasteiger partial charge >= 0.3 is 5.69 Å². The summed E-state index contributed by atoms with van der Waals surface area (Å²) in [6, 6.07) is 12.5. The van der Waals surface area contributed by atoms with Crippen LogP contribution in [0.2, 0.25) is 0 Å². The Labute approximate surface area is 186 Å². The Morgan fingerprint density at radius 3 is 2.59 bits per heavy atom. The molecule has 0 spiro atoms. The van der Waals surface area contributed by atoms with E-state index in [1.165, 1.54) is 23.1 Å². The molecule has 4 rings (SSSR count). The van der Waals surface area contributed by atoms with E-state index in [0.717, 1.165) is 17.1 Å². The molecule has 4 aromatic rings. The molecule has 1 atom stereocenters. The molecule has 0 saturated heterocycles. The van der Waals surface area contributed by atoms with Crippen molar-refractivity contribution in [2.75, 3.05) is 12.4 Å². The number of amides is 1. The van der Waals surface area contributed by atoms with E-state index < -0.39 is 17.1 Å². The van der Waals surface area contributed by atoms with Gasteiger partial charge in [0.15, 0.2) is 0 Å². The molecule has 2 aromatic carbocycles. The third-order valence-corrected chi connectivity index (χ3v) is 6.01. The van der Waals surface area contributed by atoms with Crippen molar-refractivity contribution in [3.63, 3.8) is 0 Å². The highest BCUT2D eigenvalue weighted by Gasteiger charge is 2.15. The zero-order chi connectivity index (χ0) is 22.8. The number of aromatic nitrogens is 2. The van der Waals surface area contributed by atoms with Crippen molar-refractivity contribution in [1.82, 2.24) is 14.9 Å². The molecular formula is C23H21FN4O3S. The molecular weight excluding hydrogens is 431 g/mol. The van der Waals surface area contributed by atoms with Crippen molar-refractivity contribution in [2.24, 2.45) is 0 Å². The van der Waals surface area contributed by atoms with Gasteiger partial charge < -0.3 is 15.6 Å². The summed E-state index contributed by atoms with van der Waals surface area (Å²) in [7, 11) is 1.55. The van der Waals surface area contributed by atoms with Crippen molar-refractivity contribution in [3.8, 4) is 5.69 Å². The molecule has 1 amide bonds. The van der Waals surface area contributed by atoms with Crippen LogP contribution in [-0.2, 0) is 6.42 Å². The summed E-state index contributed by atoms with van der Waals surface area (Å²) in [6.07, 6.45) is 0.731. The van der Waals surface area contributed by atoms with Crippen LogP contribution < -0.4 is 21.9 Å². The molecule has 3 N–H and O–H groups in total. The monoisotopic (exact) mass is 452 g/mol. The number of H-pyrrole nitrogens is 1. The third-order valence-electron chi connectivity index (χ3n) is 5.11. The van der Waals surface area contributed by atoms with Gasteiger partial charge in [-0.15, -0.1) is 11.3 Å². The number of rotatable bonds is 6. The standard InChI is InChI=1S/C23H21FN4O3S/c1-13(10-16-4-3-9-32-16)26-21(29)14-5-7-15(8-6-14)28-22(30)17-11-18(24)20(25-2)12-19(17)27-23(28)31/h3-9,11-13,25H,10H2,1-2H3,(H,26,29)(H,27,31). The first-order valence-electron chi connectivity index (χ1n) is 9.97. The first kappa shape index (κ1) is 21.5. The molecule has 2 heterocycles. The lowest BCUT2D eigenvalue weighted by molar-refractivity contribution is 0.0940. The number of anilines is 1. The summed E-state index contributed by atoms with van der Waals surface area (Å²) in [5.41, 5.74) is -0.210. The zero-order valence-electron chi connectivity index (χ0n) is 17.4. The SMILES string of the molecule is CNc1cc2[nH]c(=O)n(-c3ccc(C(=O)NC(C)Cc4cccs4)cc3)c(=O)c2cc1F. The molecule has 0 saturated carbocycles. The van der Waals surface area contributed by atoms with Crippen LogP contribution >= 0.6 is 11.3 Å². The summed E-state index contributed by atoms with van der Waals surface area (Å²) in [6.45, 7) is 1.93. The number of nitrogens with zero attached hydrogens (tertiary/aromatic N) is 1. The first-order chi connectivity index (χ1) is 15.4. The fraction of sp³-hybridized carbons (Fsp3) is 0.174. The number of thiophene rings is 1. The highest BCUT2D eigenvalue weighted by atomic mass is 32.1. The smallest absolute Gasteiger partial charge is 0.333 e. The minimum Gasteiger partial charge on any atom is -0.386 e. The largest absolute Gasteiger partial charge is 0.386 e. The second kappa shape index (κ2) is 8.80.